The molecule has 1 amide bonds. The van der Waals surface area contributed by atoms with Crippen LogP contribution in [-0.2, 0) is 25.8 Å². The van der Waals surface area contributed by atoms with Crippen molar-refractivity contribution < 1.29 is 4.79 Å². The summed E-state index contributed by atoms with van der Waals surface area (Å²) in [5.74, 6) is 0.677. The van der Waals surface area contributed by atoms with Gasteiger partial charge in [-0.2, -0.15) is 5.10 Å². The van der Waals surface area contributed by atoms with Gasteiger partial charge in [0.2, 0.25) is 0 Å². The molecule has 4 rings (SSSR count). The number of rotatable bonds is 7. The van der Waals surface area contributed by atoms with Gasteiger partial charge < -0.3 is 10.2 Å². The van der Waals surface area contributed by atoms with Gasteiger partial charge in [-0.05, 0) is 55.9 Å². The fourth-order valence-electron chi connectivity index (χ4n) is 4.46. The van der Waals surface area contributed by atoms with Crippen LogP contribution < -0.4 is 5.32 Å². The van der Waals surface area contributed by atoms with Crippen molar-refractivity contribution in [2.45, 2.75) is 65.0 Å². The number of likely N-dealkylation sites (tertiary alicyclic amines) is 1. The third kappa shape index (κ3) is 4.33. The van der Waals surface area contributed by atoms with Gasteiger partial charge in [-0.15, -0.1) is 11.3 Å². The standard InChI is InChI=1S/C22H32N4OS/c1-16(2)15-26-20-8-7-17(23-10-9-18-6-5-13-28-18)14-19(20)21(24-26)22(27)25-11-3-4-12-25/h5-6,13,16-17,23H,3-4,7-12,14-15H2,1-2H3/t17-/m1/s1. The van der Waals surface area contributed by atoms with Crippen molar-refractivity contribution in [3.05, 3.63) is 39.3 Å². The van der Waals surface area contributed by atoms with Crippen LogP contribution >= 0.6 is 11.3 Å². The maximum atomic E-state index is 13.1. The Morgan fingerprint density at radius 2 is 2.18 bits per heavy atom. The minimum Gasteiger partial charge on any atom is -0.337 e. The maximum absolute atomic E-state index is 13.1. The highest BCUT2D eigenvalue weighted by Gasteiger charge is 2.31. The molecule has 1 N–H and O–H groups in total. The van der Waals surface area contributed by atoms with Crippen molar-refractivity contribution in [2.75, 3.05) is 19.6 Å². The van der Waals surface area contributed by atoms with Crippen LogP contribution in [0, 0.1) is 5.92 Å². The minimum atomic E-state index is 0.149. The van der Waals surface area contributed by atoms with E-state index in [4.69, 9.17) is 5.10 Å². The number of thiophene rings is 1. The predicted molar refractivity (Wildman–Crippen MR) is 114 cm³/mol. The second-order valence-electron chi connectivity index (χ2n) is 8.57. The molecule has 0 radical (unpaired) electrons. The monoisotopic (exact) mass is 400 g/mol. The van der Waals surface area contributed by atoms with Crippen LogP contribution in [0.15, 0.2) is 17.5 Å². The zero-order chi connectivity index (χ0) is 19.5. The van der Waals surface area contributed by atoms with Gasteiger partial charge in [0.05, 0.1) is 0 Å². The Labute approximate surface area is 172 Å². The molecule has 1 atom stereocenters. The summed E-state index contributed by atoms with van der Waals surface area (Å²) in [6, 6.07) is 4.76. The molecule has 3 heterocycles. The third-order valence-electron chi connectivity index (χ3n) is 5.87. The summed E-state index contributed by atoms with van der Waals surface area (Å²) in [7, 11) is 0. The number of aromatic nitrogens is 2. The van der Waals surface area contributed by atoms with E-state index in [9.17, 15) is 4.79 Å². The smallest absolute Gasteiger partial charge is 0.274 e. The number of amides is 1. The fraction of sp³-hybridized carbons (Fsp3) is 0.636. The molecule has 5 nitrogen and oxygen atoms in total. The lowest BCUT2D eigenvalue weighted by molar-refractivity contribution is 0.0784. The molecular weight excluding hydrogens is 368 g/mol. The number of hydrogen-bond donors (Lipinski definition) is 1. The van der Waals surface area contributed by atoms with E-state index in [-0.39, 0.29) is 5.91 Å². The van der Waals surface area contributed by atoms with Crippen molar-refractivity contribution in [3.8, 4) is 0 Å². The molecule has 0 unspecified atom stereocenters. The van der Waals surface area contributed by atoms with E-state index in [1.54, 1.807) is 0 Å². The van der Waals surface area contributed by atoms with Crippen LogP contribution in [0.1, 0.15) is 59.7 Å². The van der Waals surface area contributed by atoms with Gasteiger partial charge in [0.15, 0.2) is 5.69 Å². The second kappa shape index (κ2) is 8.78. The Morgan fingerprint density at radius 1 is 1.36 bits per heavy atom. The zero-order valence-corrected chi connectivity index (χ0v) is 17.9. The van der Waals surface area contributed by atoms with Crippen LogP contribution in [0.25, 0.3) is 0 Å². The van der Waals surface area contributed by atoms with Crippen LogP contribution in [0.4, 0.5) is 0 Å². The Hall–Kier alpha value is -1.66. The first-order valence-electron chi connectivity index (χ1n) is 10.8. The predicted octanol–water partition coefficient (Wildman–Crippen LogP) is 3.53. The Bertz CT molecular complexity index is 790. The molecule has 0 spiro atoms. The second-order valence-corrected chi connectivity index (χ2v) is 9.60. The average molecular weight is 401 g/mol. The van der Waals surface area contributed by atoms with E-state index in [0.29, 0.717) is 12.0 Å². The summed E-state index contributed by atoms with van der Waals surface area (Å²) in [6.45, 7) is 8.09. The van der Waals surface area contributed by atoms with Gasteiger partial charge in [0, 0.05) is 48.4 Å². The lowest BCUT2D eigenvalue weighted by atomic mass is 9.91. The topological polar surface area (TPSA) is 50.2 Å². The summed E-state index contributed by atoms with van der Waals surface area (Å²) in [5, 5.41) is 10.7. The van der Waals surface area contributed by atoms with E-state index < -0.39 is 0 Å². The van der Waals surface area contributed by atoms with E-state index in [2.05, 4.69) is 41.4 Å². The number of carbonyl (C=O) groups excluding carboxylic acids is 1. The van der Waals surface area contributed by atoms with Gasteiger partial charge in [-0.3, -0.25) is 9.48 Å². The Balaban J connectivity index is 1.48. The first-order valence-corrected chi connectivity index (χ1v) is 11.6. The van der Waals surface area contributed by atoms with Crippen molar-refractivity contribution >= 4 is 17.2 Å². The van der Waals surface area contributed by atoms with E-state index in [1.807, 2.05) is 16.2 Å². The SMILES string of the molecule is CC(C)Cn1nc(C(=O)N2CCCC2)c2c1CC[C@@H](NCCc1cccs1)C2. The first kappa shape index (κ1) is 19.6. The highest BCUT2D eigenvalue weighted by molar-refractivity contribution is 7.09. The zero-order valence-electron chi connectivity index (χ0n) is 17.1. The average Bonchev–Trinajstić information content (AvgIpc) is 3.42. The van der Waals surface area contributed by atoms with Crippen molar-refractivity contribution in [3.63, 3.8) is 0 Å². The molecular formula is C22H32N4OS. The normalized spacial score (nSPS) is 19.4. The molecule has 6 heteroatoms. The maximum Gasteiger partial charge on any atom is 0.274 e. The number of nitrogens with one attached hydrogen (secondary N) is 1. The molecule has 1 aliphatic carbocycles. The van der Waals surface area contributed by atoms with Crippen LogP contribution in [0.5, 0.6) is 0 Å². The fourth-order valence-corrected chi connectivity index (χ4v) is 5.16. The molecule has 1 saturated heterocycles. The molecule has 2 aromatic rings. The summed E-state index contributed by atoms with van der Waals surface area (Å²) in [5.41, 5.74) is 3.23. The highest BCUT2D eigenvalue weighted by Crippen LogP contribution is 2.27. The van der Waals surface area contributed by atoms with Crippen molar-refractivity contribution in [1.82, 2.24) is 20.0 Å². The number of carbonyl (C=O) groups is 1. The Morgan fingerprint density at radius 3 is 2.89 bits per heavy atom. The summed E-state index contributed by atoms with van der Waals surface area (Å²) in [4.78, 5) is 16.6. The largest absolute Gasteiger partial charge is 0.337 e. The summed E-state index contributed by atoms with van der Waals surface area (Å²) >= 11 is 1.82. The van der Waals surface area contributed by atoms with Crippen molar-refractivity contribution in [1.29, 1.82) is 0 Å². The first-order chi connectivity index (χ1) is 13.6. The molecule has 0 aromatic carbocycles. The van der Waals surface area contributed by atoms with Gasteiger partial charge in [-0.1, -0.05) is 19.9 Å². The molecule has 0 saturated carbocycles. The number of hydrogen-bond acceptors (Lipinski definition) is 4. The molecule has 2 aromatic heterocycles. The van der Waals surface area contributed by atoms with Crippen molar-refractivity contribution in [2.24, 2.45) is 5.92 Å². The van der Waals surface area contributed by atoms with E-state index in [1.165, 1.54) is 16.1 Å². The van der Waals surface area contributed by atoms with Crippen LogP contribution in [0.3, 0.4) is 0 Å². The van der Waals surface area contributed by atoms with Gasteiger partial charge in [-0.25, -0.2) is 0 Å². The number of nitrogens with zero attached hydrogens (tertiary/aromatic N) is 3. The van der Waals surface area contributed by atoms with Gasteiger partial charge in [0.1, 0.15) is 0 Å². The highest BCUT2D eigenvalue weighted by atomic mass is 32.1. The van der Waals surface area contributed by atoms with Crippen LogP contribution in [-0.4, -0.2) is 46.3 Å². The van der Waals surface area contributed by atoms with Gasteiger partial charge in [0.25, 0.3) is 5.91 Å². The van der Waals surface area contributed by atoms with E-state index >= 15 is 0 Å². The molecule has 28 heavy (non-hydrogen) atoms. The molecule has 0 bridgehead atoms. The molecule has 2 aliphatic rings. The third-order valence-corrected chi connectivity index (χ3v) is 6.80. The summed E-state index contributed by atoms with van der Waals surface area (Å²) in [6.07, 6.45) is 6.37. The molecule has 152 valence electrons. The molecule has 1 fully saturated rings. The minimum absolute atomic E-state index is 0.149. The lowest BCUT2D eigenvalue weighted by Crippen LogP contribution is -2.37. The number of fused-ring (bicyclic) bond motifs is 1. The van der Waals surface area contributed by atoms with Crippen LogP contribution in [0.2, 0.25) is 0 Å². The summed E-state index contributed by atoms with van der Waals surface area (Å²) < 4.78 is 2.13. The van der Waals surface area contributed by atoms with Gasteiger partial charge >= 0.3 is 0 Å². The lowest BCUT2D eigenvalue weighted by Gasteiger charge is -2.25. The Kier molecular flexibility index (Phi) is 6.16. The van der Waals surface area contributed by atoms with E-state index in [0.717, 1.165) is 70.4 Å². The molecule has 1 aliphatic heterocycles. The quantitative estimate of drug-likeness (QED) is 0.774.